The average molecular weight is 323 g/mol. The number of rotatable bonds is 11. The zero-order valence-electron chi connectivity index (χ0n) is 14.4. The van der Waals surface area contributed by atoms with Gasteiger partial charge in [-0.3, -0.25) is 0 Å². The fraction of sp³-hybridized carbons (Fsp3) is 0.750. The molecule has 0 aromatic carbocycles. The molecule has 0 saturated heterocycles. The number of carbonyl (C=O) groups excluding carboxylic acids is 1. The van der Waals surface area contributed by atoms with Crippen LogP contribution >= 0.6 is 11.3 Å². The van der Waals surface area contributed by atoms with Gasteiger partial charge in [0.1, 0.15) is 11.1 Å². The Balaban J connectivity index is 2.90. The van der Waals surface area contributed by atoms with Crippen LogP contribution in [0.2, 0.25) is 0 Å². The maximum atomic E-state index is 11.0. The van der Waals surface area contributed by atoms with E-state index in [4.69, 9.17) is 4.74 Å². The second-order valence-electron chi connectivity index (χ2n) is 5.84. The number of nitrogens with zero attached hydrogens (tertiary/aromatic N) is 2. The molecular formula is C16H28BN2O2S. The molecule has 1 aromatic rings. The highest BCUT2D eigenvalue weighted by Crippen LogP contribution is 2.29. The SMILES string of the molecule is CCCN([B]C=O)C(C[C@@H](OCC)c1nc(C)cs1)C(C)C. The lowest BCUT2D eigenvalue weighted by atomic mass is 9.85. The van der Waals surface area contributed by atoms with E-state index < -0.39 is 0 Å². The number of carbonyl (C=O) groups is 1. The zero-order valence-corrected chi connectivity index (χ0v) is 15.2. The molecule has 4 nitrogen and oxygen atoms in total. The maximum Gasteiger partial charge on any atom is 0.293 e. The van der Waals surface area contributed by atoms with E-state index in [9.17, 15) is 4.79 Å². The third kappa shape index (κ3) is 5.82. The van der Waals surface area contributed by atoms with Crippen LogP contribution in [-0.2, 0) is 9.53 Å². The van der Waals surface area contributed by atoms with Crippen LogP contribution in [0.15, 0.2) is 5.38 Å². The molecule has 0 aliphatic heterocycles. The van der Waals surface area contributed by atoms with E-state index in [0.29, 0.717) is 12.5 Å². The molecule has 0 aliphatic rings. The number of ether oxygens (including phenoxy) is 1. The van der Waals surface area contributed by atoms with Crippen LogP contribution in [0.3, 0.4) is 0 Å². The summed E-state index contributed by atoms with van der Waals surface area (Å²) in [5.74, 6) is 0.437. The predicted molar refractivity (Wildman–Crippen MR) is 94.0 cm³/mol. The Kier molecular flexibility index (Phi) is 8.90. The molecule has 0 N–H and O–H groups in total. The number of thiazole rings is 1. The summed E-state index contributed by atoms with van der Waals surface area (Å²) in [7, 11) is 1.67. The van der Waals surface area contributed by atoms with Crippen LogP contribution in [0.4, 0.5) is 0 Å². The fourth-order valence-corrected chi connectivity index (χ4v) is 3.52. The largest absolute Gasteiger partial charge is 0.371 e. The van der Waals surface area contributed by atoms with E-state index in [2.05, 4.69) is 35.9 Å². The molecule has 1 heterocycles. The number of hydrogen-bond donors (Lipinski definition) is 0. The monoisotopic (exact) mass is 323 g/mol. The van der Waals surface area contributed by atoms with Gasteiger partial charge in [0.05, 0.1) is 6.19 Å². The summed E-state index contributed by atoms with van der Waals surface area (Å²) in [6.07, 6.45) is 2.75. The number of aromatic nitrogens is 1. The molecule has 123 valence electrons. The summed E-state index contributed by atoms with van der Waals surface area (Å²) in [6, 6.07) is 0.269. The van der Waals surface area contributed by atoms with Gasteiger partial charge in [-0.15, -0.1) is 11.3 Å². The smallest absolute Gasteiger partial charge is 0.293 e. The Labute approximate surface area is 139 Å². The lowest BCUT2D eigenvalue weighted by Crippen LogP contribution is -2.43. The van der Waals surface area contributed by atoms with Crippen molar-refractivity contribution in [2.24, 2.45) is 5.92 Å². The van der Waals surface area contributed by atoms with Crippen molar-refractivity contribution in [3.05, 3.63) is 16.1 Å². The molecule has 0 fully saturated rings. The Morgan fingerprint density at radius 2 is 2.18 bits per heavy atom. The molecule has 1 radical (unpaired) electrons. The molecule has 0 amide bonds. The van der Waals surface area contributed by atoms with E-state index in [1.807, 2.05) is 13.8 Å². The van der Waals surface area contributed by atoms with Crippen LogP contribution in [-0.4, -0.2) is 42.6 Å². The summed E-state index contributed by atoms with van der Waals surface area (Å²) in [5, 5.41) is 3.10. The second kappa shape index (κ2) is 10.1. The number of hydrogen-bond acceptors (Lipinski definition) is 5. The first kappa shape index (κ1) is 19.3. The molecule has 6 heteroatoms. The minimum atomic E-state index is -0.00416. The van der Waals surface area contributed by atoms with Crippen molar-refractivity contribution < 1.29 is 9.53 Å². The van der Waals surface area contributed by atoms with Crippen molar-refractivity contribution in [2.75, 3.05) is 13.2 Å². The summed E-state index contributed by atoms with van der Waals surface area (Å²) in [4.78, 5) is 17.7. The van der Waals surface area contributed by atoms with Crippen molar-refractivity contribution in [1.29, 1.82) is 0 Å². The second-order valence-corrected chi connectivity index (χ2v) is 6.73. The third-order valence-corrected chi connectivity index (χ3v) is 4.72. The lowest BCUT2D eigenvalue weighted by molar-refractivity contribution is 0.0340. The quantitative estimate of drug-likeness (QED) is 0.462. The topological polar surface area (TPSA) is 42.4 Å². The van der Waals surface area contributed by atoms with E-state index >= 15 is 0 Å². The molecule has 2 atom stereocenters. The van der Waals surface area contributed by atoms with Gasteiger partial charge in [-0.05, 0) is 39.2 Å². The molecule has 0 saturated carbocycles. The highest BCUT2D eigenvalue weighted by molar-refractivity contribution is 7.09. The van der Waals surface area contributed by atoms with Crippen LogP contribution in [0.25, 0.3) is 0 Å². The summed E-state index contributed by atoms with van der Waals surface area (Å²) in [6.45, 7) is 12.1. The van der Waals surface area contributed by atoms with Crippen molar-refractivity contribution >= 4 is 24.9 Å². The van der Waals surface area contributed by atoms with Gasteiger partial charge < -0.3 is 14.3 Å². The Bertz CT molecular complexity index is 440. The van der Waals surface area contributed by atoms with Gasteiger partial charge in [0.15, 0.2) is 0 Å². The Morgan fingerprint density at radius 3 is 2.64 bits per heavy atom. The molecule has 1 rings (SSSR count). The maximum absolute atomic E-state index is 11.0. The summed E-state index contributed by atoms with van der Waals surface area (Å²) < 4.78 is 5.95. The van der Waals surface area contributed by atoms with Gasteiger partial charge in [-0.2, -0.15) is 0 Å². The fourth-order valence-electron chi connectivity index (χ4n) is 2.66. The van der Waals surface area contributed by atoms with E-state index in [0.717, 1.165) is 36.3 Å². The molecule has 0 aliphatic carbocycles. The van der Waals surface area contributed by atoms with Crippen molar-refractivity contribution in [3.63, 3.8) is 0 Å². The lowest BCUT2D eigenvalue weighted by Gasteiger charge is -2.35. The van der Waals surface area contributed by atoms with Crippen LogP contribution in [0.5, 0.6) is 0 Å². The minimum absolute atomic E-state index is 0.00416. The van der Waals surface area contributed by atoms with Gasteiger partial charge in [-0.1, -0.05) is 20.8 Å². The van der Waals surface area contributed by atoms with Gasteiger partial charge in [0.2, 0.25) is 0 Å². The Morgan fingerprint density at radius 1 is 1.45 bits per heavy atom. The third-order valence-electron chi connectivity index (χ3n) is 3.67. The van der Waals surface area contributed by atoms with Gasteiger partial charge in [-0.25, -0.2) is 4.98 Å². The Hall–Kier alpha value is -0.715. The summed E-state index contributed by atoms with van der Waals surface area (Å²) >= 11 is 1.66. The highest BCUT2D eigenvalue weighted by Gasteiger charge is 2.27. The first-order chi connectivity index (χ1) is 10.5. The highest BCUT2D eigenvalue weighted by atomic mass is 32.1. The van der Waals surface area contributed by atoms with Crippen LogP contribution in [0.1, 0.15) is 57.3 Å². The molecule has 0 spiro atoms. The van der Waals surface area contributed by atoms with Crippen molar-refractivity contribution in [2.45, 2.75) is 59.6 Å². The normalized spacial score (nSPS) is 14.3. The van der Waals surface area contributed by atoms with E-state index in [1.54, 1.807) is 18.8 Å². The first-order valence-electron chi connectivity index (χ1n) is 8.11. The standard InChI is InChI=1S/C16H28BN2O2S/c1-6-8-19(17-11-20)14(12(3)4)9-15(21-7-2)16-18-13(5)10-22-16/h10-12,14-15H,6-9H2,1-5H3/t14?,15-/m1/s1. The first-order valence-corrected chi connectivity index (χ1v) is 8.99. The molecular weight excluding hydrogens is 295 g/mol. The number of aryl methyl sites for hydroxylation is 1. The van der Waals surface area contributed by atoms with Gasteiger partial charge >= 0.3 is 0 Å². The zero-order chi connectivity index (χ0) is 16.5. The van der Waals surface area contributed by atoms with Gasteiger partial charge in [0, 0.05) is 23.7 Å². The minimum Gasteiger partial charge on any atom is -0.371 e. The van der Waals surface area contributed by atoms with E-state index in [-0.39, 0.29) is 12.1 Å². The molecule has 22 heavy (non-hydrogen) atoms. The molecule has 1 aromatic heterocycles. The van der Waals surface area contributed by atoms with E-state index in [1.165, 1.54) is 0 Å². The van der Waals surface area contributed by atoms with Crippen LogP contribution in [0, 0.1) is 12.8 Å². The van der Waals surface area contributed by atoms with Crippen molar-refractivity contribution in [3.8, 4) is 0 Å². The molecule has 0 bridgehead atoms. The van der Waals surface area contributed by atoms with Crippen LogP contribution < -0.4 is 0 Å². The predicted octanol–water partition coefficient (Wildman–Crippen LogP) is 3.47. The molecule has 1 unspecified atom stereocenters. The van der Waals surface area contributed by atoms with Crippen molar-refractivity contribution in [1.82, 2.24) is 9.79 Å². The average Bonchev–Trinajstić information content (AvgIpc) is 2.89. The van der Waals surface area contributed by atoms with Gasteiger partial charge in [0.25, 0.3) is 7.41 Å². The summed E-state index contributed by atoms with van der Waals surface area (Å²) in [5.41, 5.74) is 1.04.